The molecule has 2 rings (SSSR count). The normalized spacial score (nSPS) is 15.9. The lowest BCUT2D eigenvalue weighted by Gasteiger charge is -2.35. The van der Waals surface area contributed by atoms with Crippen molar-refractivity contribution < 1.29 is 14.6 Å². The third kappa shape index (κ3) is 6.09. The van der Waals surface area contributed by atoms with Gasteiger partial charge in [-0.3, -0.25) is 4.99 Å². The highest BCUT2D eigenvalue weighted by atomic mass is 16.5. The maximum Gasteiger partial charge on any atom is 0.191 e. The SMILES string of the molecule is CCNC(=NCC1(O)CCC1)NCCCc1ccc(OC)c(OCC)c1. The number of nitrogens with one attached hydrogen (secondary N) is 2. The van der Waals surface area contributed by atoms with E-state index in [1.807, 2.05) is 26.0 Å². The number of aliphatic imine (C=N–C) groups is 1. The number of aliphatic hydroxyl groups is 1. The molecule has 0 spiro atoms. The fraction of sp³-hybridized carbons (Fsp3) is 0.650. The summed E-state index contributed by atoms with van der Waals surface area (Å²) in [5.41, 5.74) is 0.642. The van der Waals surface area contributed by atoms with Gasteiger partial charge in [0, 0.05) is 13.1 Å². The molecule has 6 heteroatoms. The Labute approximate surface area is 157 Å². The highest BCUT2D eigenvalue weighted by Gasteiger charge is 2.34. The van der Waals surface area contributed by atoms with Crippen LogP contribution in [-0.2, 0) is 6.42 Å². The molecule has 1 saturated carbocycles. The van der Waals surface area contributed by atoms with Crippen LogP contribution in [0.15, 0.2) is 23.2 Å². The Balaban J connectivity index is 1.80. The maximum atomic E-state index is 10.2. The molecular weight excluding hydrogens is 330 g/mol. The molecule has 0 amide bonds. The van der Waals surface area contributed by atoms with E-state index >= 15 is 0 Å². The van der Waals surface area contributed by atoms with Gasteiger partial charge in [0.2, 0.25) is 0 Å². The van der Waals surface area contributed by atoms with E-state index in [9.17, 15) is 5.11 Å². The van der Waals surface area contributed by atoms with E-state index < -0.39 is 5.60 Å². The third-order valence-electron chi connectivity index (χ3n) is 4.62. The van der Waals surface area contributed by atoms with Crippen molar-refractivity contribution in [3.8, 4) is 11.5 Å². The quantitative estimate of drug-likeness (QED) is 0.338. The Morgan fingerprint density at radius 3 is 2.65 bits per heavy atom. The highest BCUT2D eigenvalue weighted by molar-refractivity contribution is 5.79. The summed E-state index contributed by atoms with van der Waals surface area (Å²) in [6.45, 7) is 6.73. The number of hydrogen-bond acceptors (Lipinski definition) is 4. The predicted octanol–water partition coefficient (Wildman–Crippen LogP) is 2.50. The van der Waals surface area contributed by atoms with E-state index in [1.165, 1.54) is 5.56 Å². The molecule has 1 fully saturated rings. The van der Waals surface area contributed by atoms with Gasteiger partial charge in [0.25, 0.3) is 0 Å². The molecule has 1 aromatic carbocycles. The van der Waals surface area contributed by atoms with E-state index in [-0.39, 0.29) is 0 Å². The van der Waals surface area contributed by atoms with E-state index in [1.54, 1.807) is 7.11 Å². The van der Waals surface area contributed by atoms with Crippen molar-refractivity contribution in [3.05, 3.63) is 23.8 Å². The van der Waals surface area contributed by atoms with E-state index in [2.05, 4.69) is 21.7 Å². The Morgan fingerprint density at radius 2 is 2.04 bits per heavy atom. The summed E-state index contributed by atoms with van der Waals surface area (Å²) < 4.78 is 11.0. The second kappa shape index (κ2) is 10.3. The van der Waals surface area contributed by atoms with Crippen LogP contribution in [0.3, 0.4) is 0 Å². The zero-order chi connectivity index (χ0) is 18.8. The van der Waals surface area contributed by atoms with Gasteiger partial charge in [-0.1, -0.05) is 6.07 Å². The molecule has 146 valence electrons. The van der Waals surface area contributed by atoms with Crippen molar-refractivity contribution in [2.75, 3.05) is 33.4 Å². The average molecular weight is 364 g/mol. The minimum atomic E-state index is -0.582. The lowest BCUT2D eigenvalue weighted by atomic mass is 9.80. The van der Waals surface area contributed by atoms with Gasteiger partial charge in [-0.05, 0) is 63.6 Å². The van der Waals surface area contributed by atoms with Crippen LogP contribution in [0, 0.1) is 0 Å². The van der Waals surface area contributed by atoms with Crippen LogP contribution in [0.5, 0.6) is 11.5 Å². The molecule has 0 aliphatic heterocycles. The van der Waals surface area contributed by atoms with Gasteiger partial charge in [-0.25, -0.2) is 0 Å². The molecule has 1 aliphatic rings. The molecule has 6 nitrogen and oxygen atoms in total. The molecule has 26 heavy (non-hydrogen) atoms. The van der Waals surface area contributed by atoms with Crippen LogP contribution in [0.2, 0.25) is 0 Å². The van der Waals surface area contributed by atoms with E-state index in [4.69, 9.17) is 9.47 Å². The molecule has 0 atom stereocenters. The number of ether oxygens (including phenoxy) is 2. The fourth-order valence-corrected chi connectivity index (χ4v) is 2.96. The summed E-state index contributed by atoms with van der Waals surface area (Å²) in [5, 5.41) is 16.8. The Hall–Kier alpha value is -1.95. The topological polar surface area (TPSA) is 75.1 Å². The average Bonchev–Trinajstić information content (AvgIpc) is 2.62. The smallest absolute Gasteiger partial charge is 0.191 e. The number of rotatable bonds is 10. The van der Waals surface area contributed by atoms with Gasteiger partial charge in [0.1, 0.15) is 0 Å². The molecule has 0 bridgehead atoms. The summed E-state index contributed by atoms with van der Waals surface area (Å²) in [5.74, 6) is 2.34. The third-order valence-corrected chi connectivity index (χ3v) is 4.62. The number of nitrogens with zero attached hydrogens (tertiary/aromatic N) is 1. The summed E-state index contributed by atoms with van der Waals surface area (Å²) in [6, 6.07) is 6.08. The molecule has 0 heterocycles. The molecule has 0 saturated heterocycles. The van der Waals surface area contributed by atoms with E-state index in [0.29, 0.717) is 13.2 Å². The first-order chi connectivity index (χ1) is 12.6. The largest absolute Gasteiger partial charge is 0.493 e. The van der Waals surface area contributed by atoms with Crippen molar-refractivity contribution in [1.29, 1.82) is 0 Å². The second-order valence-electron chi connectivity index (χ2n) is 6.72. The molecule has 0 aromatic heterocycles. The number of hydrogen-bond donors (Lipinski definition) is 3. The summed E-state index contributed by atoms with van der Waals surface area (Å²) >= 11 is 0. The monoisotopic (exact) mass is 363 g/mol. The molecule has 0 unspecified atom stereocenters. The number of benzene rings is 1. The Morgan fingerprint density at radius 1 is 1.23 bits per heavy atom. The predicted molar refractivity (Wildman–Crippen MR) is 105 cm³/mol. The molecule has 3 N–H and O–H groups in total. The zero-order valence-electron chi connectivity index (χ0n) is 16.3. The van der Waals surface area contributed by atoms with Gasteiger partial charge < -0.3 is 25.2 Å². The van der Waals surface area contributed by atoms with Crippen molar-refractivity contribution >= 4 is 5.96 Å². The summed E-state index contributed by atoms with van der Waals surface area (Å²) in [6.07, 6.45) is 4.74. The standard InChI is InChI=1S/C20H33N3O3/c1-4-21-19(23-15-20(24)11-7-12-20)22-13-6-8-16-9-10-17(25-3)18(14-16)26-5-2/h9-10,14,24H,4-8,11-13,15H2,1-3H3,(H2,21,22,23). The molecule has 1 aliphatic carbocycles. The first-order valence-electron chi connectivity index (χ1n) is 9.64. The highest BCUT2D eigenvalue weighted by Crippen LogP contribution is 2.31. The number of guanidine groups is 1. The van der Waals surface area contributed by atoms with Gasteiger partial charge in [-0.15, -0.1) is 0 Å². The van der Waals surface area contributed by atoms with Crippen molar-refractivity contribution in [3.63, 3.8) is 0 Å². The van der Waals surface area contributed by atoms with Crippen LogP contribution in [0.4, 0.5) is 0 Å². The van der Waals surface area contributed by atoms with Crippen molar-refractivity contribution in [2.24, 2.45) is 4.99 Å². The van der Waals surface area contributed by atoms with Crippen LogP contribution in [0.25, 0.3) is 0 Å². The Kier molecular flexibility index (Phi) is 8.04. The number of aryl methyl sites for hydroxylation is 1. The van der Waals surface area contributed by atoms with Crippen molar-refractivity contribution in [1.82, 2.24) is 10.6 Å². The summed E-state index contributed by atoms with van der Waals surface area (Å²) in [4.78, 5) is 4.52. The van der Waals surface area contributed by atoms with Crippen LogP contribution in [-0.4, -0.2) is 50.0 Å². The van der Waals surface area contributed by atoms with Gasteiger partial charge in [0.05, 0.1) is 25.9 Å². The first kappa shape index (κ1) is 20.4. The number of methoxy groups -OCH3 is 1. The van der Waals surface area contributed by atoms with Crippen LogP contribution < -0.4 is 20.1 Å². The minimum Gasteiger partial charge on any atom is -0.493 e. The van der Waals surface area contributed by atoms with Crippen LogP contribution in [0.1, 0.15) is 45.1 Å². The minimum absolute atomic E-state index is 0.471. The first-order valence-corrected chi connectivity index (χ1v) is 9.64. The fourth-order valence-electron chi connectivity index (χ4n) is 2.96. The zero-order valence-corrected chi connectivity index (χ0v) is 16.3. The Bertz CT molecular complexity index is 586. The molecule has 1 aromatic rings. The van der Waals surface area contributed by atoms with Crippen LogP contribution >= 0.6 is 0 Å². The van der Waals surface area contributed by atoms with Crippen molar-refractivity contribution in [2.45, 2.75) is 51.6 Å². The lowest BCUT2D eigenvalue weighted by Crippen LogP contribution is -2.43. The lowest BCUT2D eigenvalue weighted by molar-refractivity contribution is -0.0236. The van der Waals surface area contributed by atoms with Gasteiger partial charge >= 0.3 is 0 Å². The molecular formula is C20H33N3O3. The second-order valence-corrected chi connectivity index (χ2v) is 6.72. The van der Waals surface area contributed by atoms with Gasteiger partial charge in [0.15, 0.2) is 17.5 Å². The maximum absolute atomic E-state index is 10.2. The van der Waals surface area contributed by atoms with Gasteiger partial charge in [-0.2, -0.15) is 0 Å². The van der Waals surface area contributed by atoms with E-state index in [0.717, 1.165) is 62.7 Å². The summed E-state index contributed by atoms with van der Waals surface area (Å²) in [7, 11) is 1.66. The molecule has 0 radical (unpaired) electrons.